The number of benzene rings is 2. The highest BCUT2D eigenvalue weighted by molar-refractivity contribution is 7.89. The van der Waals surface area contributed by atoms with Crippen molar-refractivity contribution in [3.05, 3.63) is 48.5 Å². The maximum Gasteiger partial charge on any atom is 0.243 e. The third-order valence-electron chi connectivity index (χ3n) is 5.11. The van der Waals surface area contributed by atoms with Gasteiger partial charge in [-0.1, -0.05) is 0 Å². The lowest BCUT2D eigenvalue weighted by Gasteiger charge is -2.26. The topological polar surface area (TPSA) is 149 Å². The Labute approximate surface area is 198 Å². The number of aliphatic imine (C=N–C) groups is 1. The molecule has 0 atom stereocenters. The third kappa shape index (κ3) is 6.48. The first kappa shape index (κ1) is 26.0. The summed E-state index contributed by atoms with van der Waals surface area (Å²) in [6, 6.07) is 12.0. The van der Waals surface area contributed by atoms with Crippen molar-refractivity contribution in [2.24, 2.45) is 4.99 Å². The Balaban J connectivity index is 0.000000192. The highest BCUT2D eigenvalue weighted by Gasteiger charge is 2.27. The normalized spacial score (nSPS) is 17.8. The molecule has 2 aromatic carbocycles. The lowest BCUT2D eigenvalue weighted by Crippen LogP contribution is -2.40. The highest BCUT2D eigenvalue weighted by atomic mass is 32.2. The number of morpholine rings is 2. The Morgan fingerprint density at radius 3 is 1.47 bits per heavy atom. The van der Waals surface area contributed by atoms with E-state index in [4.69, 9.17) is 15.2 Å². The van der Waals surface area contributed by atoms with E-state index in [0.717, 1.165) is 0 Å². The predicted octanol–water partition coefficient (Wildman–Crippen LogP) is 0.965. The SMILES string of the molecule is Nc1ccc(S(=O)(=O)N2CCOCC2)cc1.O=C=Nc1ccc(S(=O)(=O)N2CCOCC2)cc1. The fraction of sp³-hybridized carbons (Fsp3) is 0.381. The first-order valence-electron chi connectivity index (χ1n) is 10.4. The van der Waals surface area contributed by atoms with Gasteiger partial charge in [0.2, 0.25) is 26.1 Å². The van der Waals surface area contributed by atoms with E-state index in [-0.39, 0.29) is 9.79 Å². The summed E-state index contributed by atoms with van der Waals surface area (Å²) >= 11 is 0. The fourth-order valence-corrected chi connectivity index (χ4v) is 6.07. The molecule has 0 amide bonds. The minimum Gasteiger partial charge on any atom is -0.399 e. The molecular weight excluding hydrogens is 484 g/mol. The zero-order valence-electron chi connectivity index (χ0n) is 18.4. The van der Waals surface area contributed by atoms with Crippen LogP contribution in [0.2, 0.25) is 0 Å². The first-order valence-corrected chi connectivity index (χ1v) is 13.3. The number of hydrogen-bond donors (Lipinski definition) is 1. The van der Waals surface area contributed by atoms with Crippen molar-refractivity contribution >= 4 is 37.5 Å². The average Bonchev–Trinajstić information content (AvgIpc) is 2.86. The number of nitrogens with two attached hydrogens (primary N) is 1. The van der Waals surface area contributed by atoms with Crippen LogP contribution in [0.5, 0.6) is 0 Å². The number of isocyanates is 1. The van der Waals surface area contributed by atoms with Gasteiger partial charge in [-0.25, -0.2) is 21.6 Å². The van der Waals surface area contributed by atoms with Crippen molar-refractivity contribution in [1.29, 1.82) is 0 Å². The minimum atomic E-state index is -3.48. The standard InChI is InChI=1S/C11H12N2O4S.C10H14N2O3S/c14-9-12-10-1-3-11(4-2-10)18(15,16)13-5-7-17-8-6-13;11-9-1-3-10(4-2-9)16(13,14)12-5-7-15-8-6-12/h1-4H,5-8H2;1-4H,5-8,11H2. The Bertz CT molecular complexity index is 1200. The molecule has 0 aromatic heterocycles. The third-order valence-corrected chi connectivity index (χ3v) is 8.93. The number of sulfonamides is 2. The van der Waals surface area contributed by atoms with Crippen LogP contribution >= 0.6 is 0 Å². The molecular formula is C21H26N4O7S2. The van der Waals surface area contributed by atoms with E-state index in [2.05, 4.69) is 4.99 Å². The minimum absolute atomic E-state index is 0.189. The summed E-state index contributed by atoms with van der Waals surface area (Å²) in [7, 11) is -6.86. The van der Waals surface area contributed by atoms with Crippen molar-refractivity contribution < 1.29 is 31.1 Å². The quantitative estimate of drug-likeness (QED) is 0.355. The van der Waals surface area contributed by atoms with Crippen molar-refractivity contribution in [2.75, 3.05) is 58.3 Å². The van der Waals surface area contributed by atoms with Crippen LogP contribution in [0.3, 0.4) is 0 Å². The van der Waals surface area contributed by atoms with Crippen LogP contribution in [0.1, 0.15) is 0 Å². The highest BCUT2D eigenvalue weighted by Crippen LogP contribution is 2.20. The Morgan fingerprint density at radius 2 is 1.09 bits per heavy atom. The van der Waals surface area contributed by atoms with E-state index in [1.165, 1.54) is 51.1 Å². The molecule has 0 unspecified atom stereocenters. The van der Waals surface area contributed by atoms with Gasteiger partial charge in [-0.3, -0.25) is 0 Å². The van der Waals surface area contributed by atoms with E-state index in [0.29, 0.717) is 64.0 Å². The van der Waals surface area contributed by atoms with Gasteiger partial charge in [0.1, 0.15) is 0 Å². The van der Waals surface area contributed by atoms with Gasteiger partial charge < -0.3 is 15.2 Å². The van der Waals surface area contributed by atoms with Crippen molar-refractivity contribution in [1.82, 2.24) is 8.61 Å². The lowest BCUT2D eigenvalue weighted by molar-refractivity contribution is 0.0730. The van der Waals surface area contributed by atoms with Gasteiger partial charge in [0.15, 0.2) is 0 Å². The molecule has 0 bridgehead atoms. The van der Waals surface area contributed by atoms with Crippen LogP contribution in [0.25, 0.3) is 0 Å². The molecule has 2 fully saturated rings. The number of rotatable bonds is 5. The number of carbonyl (C=O) groups excluding carboxylic acids is 1. The Kier molecular flexibility index (Phi) is 8.91. The van der Waals surface area contributed by atoms with Crippen molar-refractivity contribution in [3.8, 4) is 0 Å². The van der Waals surface area contributed by atoms with E-state index >= 15 is 0 Å². The maximum atomic E-state index is 12.2. The van der Waals surface area contributed by atoms with Gasteiger partial charge in [0.05, 0.1) is 41.9 Å². The van der Waals surface area contributed by atoms with Crippen molar-refractivity contribution in [3.63, 3.8) is 0 Å². The molecule has 2 heterocycles. The van der Waals surface area contributed by atoms with Crippen LogP contribution in [0.4, 0.5) is 11.4 Å². The largest absolute Gasteiger partial charge is 0.399 e. The van der Waals surface area contributed by atoms with Crippen LogP contribution in [-0.2, 0) is 34.3 Å². The molecule has 2 aromatic rings. The van der Waals surface area contributed by atoms with E-state index < -0.39 is 20.0 Å². The van der Waals surface area contributed by atoms with Gasteiger partial charge in [-0.2, -0.15) is 13.6 Å². The van der Waals surface area contributed by atoms with Gasteiger partial charge in [0, 0.05) is 31.9 Å². The average molecular weight is 511 g/mol. The zero-order valence-corrected chi connectivity index (χ0v) is 20.0. The lowest BCUT2D eigenvalue weighted by atomic mass is 10.3. The van der Waals surface area contributed by atoms with E-state index in [9.17, 15) is 21.6 Å². The number of ether oxygens (including phenoxy) is 2. The monoisotopic (exact) mass is 510 g/mol. The molecule has 11 nitrogen and oxygen atoms in total. The zero-order chi connectivity index (χ0) is 24.6. The Morgan fingerprint density at radius 1 is 0.706 bits per heavy atom. The number of hydrogen-bond acceptors (Lipinski definition) is 9. The second kappa shape index (κ2) is 11.7. The summed E-state index contributed by atoms with van der Waals surface area (Å²) < 4.78 is 61.8. The first-order chi connectivity index (χ1) is 16.2. The number of nitrogens with zero attached hydrogens (tertiary/aromatic N) is 3. The Hall–Kier alpha value is -2.64. The van der Waals surface area contributed by atoms with Crippen LogP contribution in [-0.4, -0.2) is 84.1 Å². The maximum absolute atomic E-state index is 12.2. The predicted molar refractivity (Wildman–Crippen MR) is 124 cm³/mol. The molecule has 0 radical (unpaired) electrons. The molecule has 184 valence electrons. The van der Waals surface area contributed by atoms with Gasteiger partial charge in [0.25, 0.3) is 0 Å². The molecule has 2 aliphatic heterocycles. The molecule has 0 spiro atoms. The van der Waals surface area contributed by atoms with Crippen LogP contribution in [0, 0.1) is 0 Å². The second-order valence-electron chi connectivity index (χ2n) is 7.30. The molecule has 13 heteroatoms. The van der Waals surface area contributed by atoms with Gasteiger partial charge >= 0.3 is 0 Å². The smallest absolute Gasteiger partial charge is 0.243 e. The summed E-state index contributed by atoms with van der Waals surface area (Å²) in [6.45, 7) is 3.26. The molecule has 34 heavy (non-hydrogen) atoms. The summed E-state index contributed by atoms with van der Waals surface area (Å²) in [5, 5.41) is 0. The number of anilines is 1. The summed E-state index contributed by atoms with van der Waals surface area (Å²) in [5.74, 6) is 0. The molecule has 0 aliphatic carbocycles. The summed E-state index contributed by atoms with van der Waals surface area (Å²) in [4.78, 5) is 13.9. The number of nitrogen functional groups attached to an aromatic ring is 1. The van der Waals surface area contributed by atoms with Gasteiger partial charge in [-0.15, -0.1) is 0 Å². The second-order valence-corrected chi connectivity index (χ2v) is 11.2. The fourth-order valence-electron chi connectivity index (χ4n) is 3.26. The molecule has 2 aliphatic rings. The molecule has 2 saturated heterocycles. The molecule has 0 saturated carbocycles. The van der Waals surface area contributed by atoms with E-state index in [1.54, 1.807) is 12.1 Å². The van der Waals surface area contributed by atoms with Crippen molar-refractivity contribution in [2.45, 2.75) is 9.79 Å². The molecule has 4 rings (SSSR count). The molecule has 2 N–H and O–H groups in total. The van der Waals surface area contributed by atoms with E-state index in [1.807, 2.05) is 0 Å². The summed E-state index contributed by atoms with van der Waals surface area (Å²) in [6.07, 6.45) is 1.40. The van der Waals surface area contributed by atoms with Crippen LogP contribution in [0.15, 0.2) is 63.3 Å². The summed E-state index contributed by atoms with van der Waals surface area (Å²) in [5.41, 5.74) is 6.46. The van der Waals surface area contributed by atoms with Crippen LogP contribution < -0.4 is 5.73 Å². The van der Waals surface area contributed by atoms with Gasteiger partial charge in [-0.05, 0) is 48.5 Å².